The van der Waals surface area contributed by atoms with Crippen molar-refractivity contribution in [3.63, 3.8) is 0 Å². The maximum Gasteiger partial charge on any atom is 0.410 e. The van der Waals surface area contributed by atoms with Crippen molar-refractivity contribution in [1.29, 1.82) is 0 Å². The molecule has 6 rings (SSSR count). The van der Waals surface area contributed by atoms with Crippen molar-refractivity contribution in [2.45, 2.75) is 77.9 Å². The van der Waals surface area contributed by atoms with Crippen LogP contribution < -0.4 is 4.90 Å². The van der Waals surface area contributed by atoms with Gasteiger partial charge in [-0.2, -0.15) is 0 Å². The summed E-state index contributed by atoms with van der Waals surface area (Å²) >= 11 is 1.46. The summed E-state index contributed by atoms with van der Waals surface area (Å²) in [6.07, 6.45) is 5.89. The molecule has 0 bridgehead atoms. The highest BCUT2D eigenvalue weighted by atomic mass is 35.5. The van der Waals surface area contributed by atoms with E-state index in [0.29, 0.717) is 23.9 Å². The lowest BCUT2D eigenvalue weighted by atomic mass is 9.83. The molecule has 2 aromatic heterocycles. The fourth-order valence-electron chi connectivity index (χ4n) is 6.97. The van der Waals surface area contributed by atoms with E-state index in [4.69, 9.17) is 4.74 Å². The van der Waals surface area contributed by atoms with Crippen LogP contribution in [-0.4, -0.2) is 83.0 Å². The fraction of sp³-hybridized carbons (Fsp3) is 0.576. The monoisotopic (exact) mass is 628 g/mol. The normalized spacial score (nSPS) is 18.1. The molecule has 0 radical (unpaired) electrons. The summed E-state index contributed by atoms with van der Waals surface area (Å²) in [4.78, 5) is 31.8. The van der Waals surface area contributed by atoms with Gasteiger partial charge in [0.15, 0.2) is 0 Å². The summed E-state index contributed by atoms with van der Waals surface area (Å²) < 4.78 is 9.18. The van der Waals surface area contributed by atoms with Crippen molar-refractivity contribution in [3.05, 3.63) is 40.3 Å². The Morgan fingerprint density at radius 1 is 0.977 bits per heavy atom. The number of anilines is 1. The van der Waals surface area contributed by atoms with Gasteiger partial charge in [0.25, 0.3) is 0 Å². The van der Waals surface area contributed by atoms with E-state index in [0.717, 1.165) is 44.8 Å². The Kier molecular flexibility index (Phi) is 9.35. The molecule has 10 heteroatoms. The number of hydrogen-bond donors (Lipinski definition) is 1. The van der Waals surface area contributed by atoms with Gasteiger partial charge in [0, 0.05) is 63.6 Å². The van der Waals surface area contributed by atoms with E-state index in [-0.39, 0.29) is 18.5 Å². The Morgan fingerprint density at radius 3 is 2.37 bits per heavy atom. The van der Waals surface area contributed by atoms with E-state index in [2.05, 4.69) is 39.5 Å². The van der Waals surface area contributed by atoms with E-state index in [1.807, 2.05) is 31.7 Å². The average molecular weight is 629 g/mol. The van der Waals surface area contributed by atoms with Gasteiger partial charge >= 0.3 is 12.1 Å². The number of piperazine rings is 1. The number of ether oxygens (including phenoxy) is 1. The van der Waals surface area contributed by atoms with E-state index >= 15 is 0 Å². The van der Waals surface area contributed by atoms with Crippen LogP contribution in [0.1, 0.15) is 79.6 Å². The molecule has 3 aliphatic rings. The summed E-state index contributed by atoms with van der Waals surface area (Å²) in [5, 5.41) is 9.85. The number of aryl methyl sites for hydroxylation is 1. The maximum atomic E-state index is 12.5. The minimum absolute atomic E-state index is 0. The van der Waals surface area contributed by atoms with E-state index in [9.17, 15) is 14.7 Å². The number of aromatic carboxylic acids is 1. The number of fused-ring (bicyclic) bond motifs is 5. The predicted molar refractivity (Wildman–Crippen MR) is 176 cm³/mol. The van der Waals surface area contributed by atoms with Gasteiger partial charge in [-0.1, -0.05) is 31.4 Å². The van der Waals surface area contributed by atoms with E-state index in [1.165, 1.54) is 76.2 Å². The minimum atomic E-state index is -0.835. The van der Waals surface area contributed by atoms with Crippen LogP contribution in [0.4, 0.5) is 10.5 Å². The lowest BCUT2D eigenvalue weighted by Crippen LogP contribution is -2.51. The van der Waals surface area contributed by atoms with E-state index in [1.54, 1.807) is 0 Å². The zero-order valence-corrected chi connectivity index (χ0v) is 27.5. The minimum Gasteiger partial charge on any atom is -0.477 e. The van der Waals surface area contributed by atoms with Gasteiger partial charge in [-0.05, 0) is 69.7 Å². The quantitative estimate of drug-likeness (QED) is 0.321. The lowest BCUT2D eigenvalue weighted by molar-refractivity contribution is 0.0147. The van der Waals surface area contributed by atoms with Gasteiger partial charge in [-0.3, -0.25) is 4.90 Å². The second kappa shape index (κ2) is 12.7. The summed E-state index contributed by atoms with van der Waals surface area (Å²) in [6, 6.07) is 8.76. The second-order valence-electron chi connectivity index (χ2n) is 13.2. The Hall–Kier alpha value is -2.75. The molecule has 1 amide bonds. The third kappa shape index (κ3) is 6.54. The number of rotatable bonds is 5. The van der Waals surface area contributed by atoms with Gasteiger partial charge in [-0.25, -0.2) is 9.59 Å². The molecule has 2 fully saturated rings. The smallest absolute Gasteiger partial charge is 0.410 e. The van der Waals surface area contributed by atoms with Crippen molar-refractivity contribution < 1.29 is 19.4 Å². The maximum absolute atomic E-state index is 12.5. The highest BCUT2D eigenvalue weighted by molar-refractivity contribution is 7.21. The number of aromatic nitrogens is 1. The number of amides is 1. The van der Waals surface area contributed by atoms with Crippen LogP contribution in [0.5, 0.6) is 0 Å². The van der Waals surface area contributed by atoms with Crippen LogP contribution in [0.3, 0.4) is 0 Å². The highest BCUT2D eigenvalue weighted by Crippen LogP contribution is 2.49. The molecule has 0 atom stereocenters. The van der Waals surface area contributed by atoms with Crippen LogP contribution in [0.15, 0.2) is 24.3 Å². The van der Waals surface area contributed by atoms with Crippen LogP contribution in [0, 0.1) is 6.92 Å². The fourth-order valence-corrected chi connectivity index (χ4v) is 8.09. The number of benzene rings is 1. The number of carboxylic acid groups (broad SMARTS) is 1. The number of carboxylic acids is 1. The van der Waals surface area contributed by atoms with Crippen molar-refractivity contribution in [3.8, 4) is 11.3 Å². The van der Waals surface area contributed by atoms with Crippen LogP contribution in [-0.2, 0) is 11.3 Å². The topological polar surface area (TPSA) is 78.2 Å². The predicted octanol–water partition coefficient (Wildman–Crippen LogP) is 7.22. The Balaban J connectivity index is 0.00000368. The molecule has 0 spiro atoms. The summed E-state index contributed by atoms with van der Waals surface area (Å²) in [7, 11) is 0. The summed E-state index contributed by atoms with van der Waals surface area (Å²) in [5.41, 5.74) is 7.09. The van der Waals surface area contributed by atoms with Crippen molar-refractivity contribution in [1.82, 2.24) is 14.4 Å². The molecule has 234 valence electrons. The first-order valence-electron chi connectivity index (χ1n) is 15.5. The number of carbonyl (C=O) groups excluding carboxylic acids is 1. The number of thiophene rings is 1. The Bertz CT molecular complexity index is 1480. The number of carbonyl (C=O) groups is 2. The first-order valence-corrected chi connectivity index (χ1v) is 16.4. The Morgan fingerprint density at radius 2 is 1.70 bits per heavy atom. The van der Waals surface area contributed by atoms with Crippen LogP contribution in [0.25, 0.3) is 21.5 Å². The van der Waals surface area contributed by atoms with Gasteiger partial charge in [0.2, 0.25) is 0 Å². The summed E-state index contributed by atoms with van der Waals surface area (Å²) in [6.45, 7) is 14.5. The van der Waals surface area contributed by atoms with Gasteiger partial charge in [-0.15, -0.1) is 23.7 Å². The van der Waals surface area contributed by atoms with Gasteiger partial charge in [0.1, 0.15) is 10.5 Å². The molecule has 1 saturated carbocycles. The van der Waals surface area contributed by atoms with Crippen LogP contribution in [0.2, 0.25) is 0 Å². The molecule has 3 aromatic rings. The molecule has 1 aromatic carbocycles. The number of nitrogens with zero attached hydrogens (tertiary/aromatic N) is 4. The zero-order valence-electron chi connectivity index (χ0n) is 25.9. The molecule has 1 aliphatic carbocycles. The van der Waals surface area contributed by atoms with Gasteiger partial charge in [0.05, 0.1) is 15.9 Å². The first kappa shape index (κ1) is 31.7. The molecule has 0 unspecified atom stereocenters. The molecule has 4 heterocycles. The highest BCUT2D eigenvalue weighted by Gasteiger charge is 2.33. The molecule has 43 heavy (non-hydrogen) atoms. The van der Waals surface area contributed by atoms with Crippen molar-refractivity contribution in [2.24, 2.45) is 0 Å². The molecule has 1 saturated heterocycles. The van der Waals surface area contributed by atoms with Gasteiger partial charge < -0.3 is 24.2 Å². The second-order valence-corrected chi connectivity index (χ2v) is 14.2. The Labute approximate surface area is 265 Å². The molecule has 2 aliphatic heterocycles. The third-order valence-corrected chi connectivity index (χ3v) is 10.2. The van der Waals surface area contributed by atoms with Crippen molar-refractivity contribution in [2.75, 3.05) is 50.7 Å². The molecular weight excluding hydrogens is 584 g/mol. The average Bonchev–Trinajstić information content (AvgIpc) is 3.46. The first-order chi connectivity index (χ1) is 20.1. The lowest BCUT2D eigenvalue weighted by Gasteiger charge is -2.36. The molecular formula is C33H45ClN4O4S. The molecule has 8 nitrogen and oxygen atoms in total. The number of hydrogen-bond acceptors (Lipinski definition) is 6. The standard InChI is InChI=1S/C33H44N4O4S.ClH/c1-22-10-11-24-25(20-22)35(15-12-34-13-16-36(17-14-34)32(40)41-33(2,3)4)18-19-37-26-21-27(31(38)39)42-30(26)28(29(24)37)23-8-6-5-7-9-23;/h10-11,20-21,23H,5-9,12-19H2,1-4H3,(H,38,39);1H. The van der Waals surface area contributed by atoms with Crippen molar-refractivity contribution >= 4 is 51.7 Å². The van der Waals surface area contributed by atoms with E-state index < -0.39 is 11.6 Å². The zero-order chi connectivity index (χ0) is 29.6. The molecule has 1 N–H and O–H groups in total. The SMILES string of the molecule is Cc1ccc2c(c1)N(CCN1CCN(C(=O)OC(C)(C)C)CC1)CCn1c-2c(C2CCCCC2)c2sc(C(=O)O)cc21.Cl. The summed E-state index contributed by atoms with van der Waals surface area (Å²) in [5.74, 6) is -0.363. The third-order valence-electron chi connectivity index (χ3n) is 9.05. The number of halogens is 1. The largest absolute Gasteiger partial charge is 0.477 e. The van der Waals surface area contributed by atoms with Crippen LogP contribution >= 0.6 is 23.7 Å².